The number of ether oxygens (including phenoxy) is 1. The molecule has 3 N–H and O–H groups in total. The van der Waals surface area contributed by atoms with E-state index >= 15 is 0 Å². The number of aliphatic hydroxyl groups is 1. The van der Waals surface area contributed by atoms with Crippen molar-refractivity contribution in [1.29, 1.82) is 0 Å². The van der Waals surface area contributed by atoms with E-state index in [1.165, 1.54) is 29.8 Å². The number of carbonyl (C=O) groups is 1. The number of aliphatic hydroxyl groups excluding tert-OH is 1. The minimum atomic E-state index is -0.404. The van der Waals surface area contributed by atoms with Crippen LogP contribution < -0.4 is 15.4 Å². The van der Waals surface area contributed by atoms with Gasteiger partial charge in [-0.1, -0.05) is 6.07 Å². The molecule has 5 rings (SSSR count). The predicted octanol–water partition coefficient (Wildman–Crippen LogP) is 4.62. The van der Waals surface area contributed by atoms with Gasteiger partial charge in [-0.2, -0.15) is 0 Å². The van der Waals surface area contributed by atoms with Gasteiger partial charge in [0.1, 0.15) is 23.7 Å². The Bertz CT molecular complexity index is 1410. The highest BCUT2D eigenvalue weighted by Gasteiger charge is 2.18. The van der Waals surface area contributed by atoms with Crippen LogP contribution in [0.25, 0.3) is 10.9 Å². The van der Waals surface area contributed by atoms with Crippen LogP contribution in [0.5, 0.6) is 5.75 Å². The molecular formula is C28H31FN6O3S. The molecule has 0 aliphatic carbocycles. The first kappa shape index (κ1) is 26.9. The number of anilines is 3. The van der Waals surface area contributed by atoms with Crippen molar-refractivity contribution in [3.63, 3.8) is 0 Å². The zero-order valence-electron chi connectivity index (χ0n) is 21.5. The zero-order chi connectivity index (χ0) is 27.0. The molecule has 2 aromatic heterocycles. The number of thiazole rings is 1. The summed E-state index contributed by atoms with van der Waals surface area (Å²) in [6.07, 6.45) is 6.32. The molecule has 204 valence electrons. The number of piperidine rings is 1. The van der Waals surface area contributed by atoms with Crippen molar-refractivity contribution >= 4 is 44.8 Å². The van der Waals surface area contributed by atoms with Gasteiger partial charge in [0.25, 0.3) is 0 Å². The predicted molar refractivity (Wildman–Crippen MR) is 150 cm³/mol. The Hall–Kier alpha value is -3.67. The van der Waals surface area contributed by atoms with Crippen molar-refractivity contribution in [2.75, 3.05) is 43.5 Å². The van der Waals surface area contributed by atoms with Crippen LogP contribution in [0.4, 0.5) is 21.0 Å². The average Bonchev–Trinajstić information content (AvgIpc) is 3.37. The molecule has 1 saturated heterocycles. The fourth-order valence-corrected chi connectivity index (χ4v) is 5.39. The number of benzene rings is 2. The van der Waals surface area contributed by atoms with Gasteiger partial charge in [-0.25, -0.2) is 19.3 Å². The lowest BCUT2D eigenvalue weighted by atomic mass is 9.98. The number of nitrogens with zero attached hydrogens (tertiary/aromatic N) is 4. The van der Waals surface area contributed by atoms with Crippen molar-refractivity contribution in [3.05, 3.63) is 65.7 Å². The van der Waals surface area contributed by atoms with Crippen molar-refractivity contribution in [2.24, 2.45) is 5.92 Å². The minimum absolute atomic E-state index is 0.127. The molecule has 0 saturated carbocycles. The summed E-state index contributed by atoms with van der Waals surface area (Å²) in [6, 6.07) is 11.5. The molecule has 0 spiro atoms. The number of halogens is 1. The molecule has 0 unspecified atom stereocenters. The number of hydrogen-bond acceptors (Lipinski definition) is 9. The highest BCUT2D eigenvalue weighted by molar-refractivity contribution is 7.15. The molecule has 0 atom stereocenters. The molecule has 9 nitrogen and oxygen atoms in total. The normalized spacial score (nSPS) is 14.4. The fourth-order valence-electron chi connectivity index (χ4n) is 4.58. The Morgan fingerprint density at radius 2 is 2.03 bits per heavy atom. The number of nitrogens with one attached hydrogen (secondary N) is 2. The Balaban J connectivity index is 1.13. The maximum Gasteiger partial charge on any atom is 0.229 e. The first-order chi connectivity index (χ1) is 19.1. The van der Waals surface area contributed by atoms with Crippen LogP contribution in [0.2, 0.25) is 0 Å². The second-order valence-electron chi connectivity index (χ2n) is 9.56. The molecule has 1 fully saturated rings. The Morgan fingerprint density at radius 1 is 1.15 bits per heavy atom. The van der Waals surface area contributed by atoms with Gasteiger partial charge in [0.15, 0.2) is 5.13 Å². The topological polar surface area (TPSA) is 113 Å². The van der Waals surface area contributed by atoms with E-state index in [-0.39, 0.29) is 12.3 Å². The van der Waals surface area contributed by atoms with Gasteiger partial charge in [0.05, 0.1) is 18.5 Å². The molecule has 39 heavy (non-hydrogen) atoms. The van der Waals surface area contributed by atoms with Gasteiger partial charge in [-0.15, -0.1) is 11.3 Å². The number of amides is 1. The van der Waals surface area contributed by atoms with E-state index in [4.69, 9.17) is 4.74 Å². The van der Waals surface area contributed by atoms with E-state index in [1.54, 1.807) is 18.3 Å². The number of hydrogen-bond donors (Lipinski definition) is 3. The van der Waals surface area contributed by atoms with Gasteiger partial charge < -0.3 is 25.4 Å². The van der Waals surface area contributed by atoms with Crippen LogP contribution in [0.15, 0.2) is 55.0 Å². The monoisotopic (exact) mass is 550 g/mol. The van der Waals surface area contributed by atoms with Crippen molar-refractivity contribution in [1.82, 2.24) is 19.9 Å². The smallest absolute Gasteiger partial charge is 0.229 e. The van der Waals surface area contributed by atoms with Crippen molar-refractivity contribution < 1.29 is 19.0 Å². The standard InChI is InChI=1S/C28H31FN6O3S/c29-20-3-1-4-21(13-20)33-26(37)15-23-16-30-28(39-23)34-27-24-6-5-22(14-25(24)31-18-32-27)38-12-2-9-35-10-7-19(17-36)8-11-35/h1,3-6,13-14,16,18-19,36H,2,7-12,15,17H2,(H,33,37)(H,30,31,32,34). The molecular weight excluding hydrogens is 519 g/mol. The second-order valence-corrected chi connectivity index (χ2v) is 10.7. The van der Waals surface area contributed by atoms with Gasteiger partial charge >= 0.3 is 0 Å². The van der Waals surface area contributed by atoms with Crippen LogP contribution in [0.1, 0.15) is 24.1 Å². The average molecular weight is 551 g/mol. The third-order valence-electron chi connectivity index (χ3n) is 6.68. The Kier molecular flexibility index (Phi) is 8.92. The molecule has 0 radical (unpaired) electrons. The van der Waals surface area contributed by atoms with Crippen LogP contribution in [-0.4, -0.2) is 63.7 Å². The molecule has 1 aliphatic rings. The van der Waals surface area contributed by atoms with E-state index in [0.29, 0.717) is 35.8 Å². The Morgan fingerprint density at radius 3 is 2.85 bits per heavy atom. The van der Waals surface area contributed by atoms with Crippen LogP contribution in [0.3, 0.4) is 0 Å². The summed E-state index contributed by atoms with van der Waals surface area (Å²) in [5, 5.41) is 16.6. The summed E-state index contributed by atoms with van der Waals surface area (Å²) in [4.78, 5) is 28.7. The summed E-state index contributed by atoms with van der Waals surface area (Å²) in [5.74, 6) is 1.17. The SMILES string of the molecule is O=C(Cc1cnc(Nc2ncnc3cc(OCCCN4CCC(CO)CC4)ccc23)s1)Nc1cccc(F)c1. The summed E-state index contributed by atoms with van der Waals surface area (Å²) in [5.41, 5.74) is 1.17. The lowest BCUT2D eigenvalue weighted by molar-refractivity contribution is -0.115. The molecule has 1 amide bonds. The zero-order valence-corrected chi connectivity index (χ0v) is 22.3. The van der Waals surface area contributed by atoms with Gasteiger partial charge in [-0.3, -0.25) is 4.79 Å². The summed E-state index contributed by atoms with van der Waals surface area (Å²) < 4.78 is 19.3. The van der Waals surface area contributed by atoms with Crippen molar-refractivity contribution in [2.45, 2.75) is 25.7 Å². The quantitative estimate of drug-likeness (QED) is 0.232. The highest BCUT2D eigenvalue weighted by atomic mass is 32.1. The summed E-state index contributed by atoms with van der Waals surface area (Å²) in [7, 11) is 0. The first-order valence-electron chi connectivity index (χ1n) is 13.0. The third-order valence-corrected chi connectivity index (χ3v) is 7.60. The van der Waals surface area contributed by atoms with Crippen molar-refractivity contribution in [3.8, 4) is 5.75 Å². The van der Waals surface area contributed by atoms with E-state index < -0.39 is 5.82 Å². The van der Waals surface area contributed by atoms with Gasteiger partial charge in [0, 0.05) is 41.4 Å². The number of carbonyl (C=O) groups excluding carboxylic acids is 1. The highest BCUT2D eigenvalue weighted by Crippen LogP contribution is 2.28. The minimum Gasteiger partial charge on any atom is -0.493 e. The first-order valence-corrected chi connectivity index (χ1v) is 13.9. The number of fused-ring (bicyclic) bond motifs is 1. The van der Waals surface area contributed by atoms with Gasteiger partial charge in [0.2, 0.25) is 5.91 Å². The molecule has 4 aromatic rings. The summed E-state index contributed by atoms with van der Waals surface area (Å²) in [6.45, 7) is 3.98. The Labute approximate surface area is 230 Å². The number of likely N-dealkylation sites (tertiary alicyclic amines) is 1. The van der Waals surface area contributed by atoms with E-state index in [0.717, 1.165) is 60.4 Å². The number of aromatic nitrogens is 3. The molecule has 1 aliphatic heterocycles. The largest absolute Gasteiger partial charge is 0.493 e. The van der Waals surface area contributed by atoms with Crippen LogP contribution in [0, 0.1) is 11.7 Å². The second kappa shape index (κ2) is 12.9. The lowest BCUT2D eigenvalue weighted by Gasteiger charge is -2.30. The molecule has 3 heterocycles. The maximum atomic E-state index is 13.3. The fraction of sp³-hybridized carbons (Fsp3) is 0.357. The molecule has 0 bridgehead atoms. The van der Waals surface area contributed by atoms with Gasteiger partial charge in [-0.05, 0) is 68.6 Å². The lowest BCUT2D eigenvalue weighted by Crippen LogP contribution is -2.35. The van der Waals surface area contributed by atoms with E-state index in [2.05, 4.69) is 30.5 Å². The molecule has 11 heteroatoms. The maximum absolute atomic E-state index is 13.3. The molecule has 2 aromatic carbocycles. The van der Waals surface area contributed by atoms with Crippen LogP contribution in [-0.2, 0) is 11.2 Å². The van der Waals surface area contributed by atoms with E-state index in [1.807, 2.05) is 18.2 Å². The number of rotatable bonds is 11. The third kappa shape index (κ3) is 7.47. The summed E-state index contributed by atoms with van der Waals surface area (Å²) >= 11 is 1.35. The van der Waals surface area contributed by atoms with Crippen LogP contribution >= 0.6 is 11.3 Å². The van der Waals surface area contributed by atoms with E-state index in [9.17, 15) is 14.3 Å².